The first-order valence-electron chi connectivity index (χ1n) is 7.46. The van der Waals surface area contributed by atoms with E-state index in [0.29, 0.717) is 12.3 Å². The third-order valence-corrected chi connectivity index (χ3v) is 5.67. The minimum atomic E-state index is -1.19. The number of carbonyl (C=O) groups excluding carboxylic acids is 1. The maximum absolute atomic E-state index is 12.3. The van der Waals surface area contributed by atoms with E-state index in [-0.39, 0.29) is 17.4 Å². The topological polar surface area (TPSA) is 59.3 Å². The molecule has 3 rings (SSSR count). The van der Waals surface area contributed by atoms with Crippen LogP contribution in [0.2, 0.25) is 0 Å². The molecule has 0 aliphatic carbocycles. The average Bonchev–Trinajstić information content (AvgIpc) is 3.25. The average molecular weight is 359 g/mol. The summed E-state index contributed by atoms with van der Waals surface area (Å²) in [6, 6.07) is 14.8. The summed E-state index contributed by atoms with van der Waals surface area (Å²) in [5.41, 5.74) is 1.12. The van der Waals surface area contributed by atoms with Gasteiger partial charge in [-0.2, -0.15) is 0 Å². The Kier molecular flexibility index (Phi) is 5.27. The molecule has 0 saturated carbocycles. The molecule has 0 bridgehead atoms. The van der Waals surface area contributed by atoms with Crippen molar-refractivity contribution < 1.29 is 13.4 Å². The van der Waals surface area contributed by atoms with Crippen molar-refractivity contribution in [3.05, 3.63) is 75.9 Å². The van der Waals surface area contributed by atoms with Crippen LogP contribution in [-0.2, 0) is 23.1 Å². The van der Waals surface area contributed by atoms with Gasteiger partial charge in [0.15, 0.2) is 5.76 Å². The molecular formula is C18H17NO3S2. The van der Waals surface area contributed by atoms with Gasteiger partial charge in [-0.1, -0.05) is 23.8 Å². The number of thiophene rings is 1. The number of rotatable bonds is 6. The molecule has 1 unspecified atom stereocenters. The quantitative estimate of drug-likeness (QED) is 0.726. The SMILES string of the molecule is Cc1ccc(S(=O)Cc2ccc(C(=O)NCc3cccs3)o2)cc1. The predicted octanol–water partition coefficient (Wildman–Crippen LogP) is 3.89. The van der Waals surface area contributed by atoms with Gasteiger partial charge < -0.3 is 9.73 Å². The number of furan rings is 1. The van der Waals surface area contributed by atoms with E-state index in [0.717, 1.165) is 15.3 Å². The van der Waals surface area contributed by atoms with Gasteiger partial charge in [-0.25, -0.2) is 0 Å². The zero-order valence-electron chi connectivity index (χ0n) is 13.2. The number of nitrogens with one attached hydrogen (secondary N) is 1. The highest BCUT2D eigenvalue weighted by Crippen LogP contribution is 2.16. The maximum atomic E-state index is 12.3. The Balaban J connectivity index is 1.59. The second kappa shape index (κ2) is 7.59. The van der Waals surface area contributed by atoms with Crippen LogP contribution in [-0.4, -0.2) is 10.1 Å². The molecule has 1 atom stereocenters. The van der Waals surface area contributed by atoms with Crippen LogP contribution in [0.25, 0.3) is 0 Å². The van der Waals surface area contributed by atoms with Crippen LogP contribution in [0.3, 0.4) is 0 Å². The summed E-state index contributed by atoms with van der Waals surface area (Å²) in [7, 11) is -1.19. The van der Waals surface area contributed by atoms with Crippen molar-refractivity contribution in [3.63, 3.8) is 0 Å². The van der Waals surface area contributed by atoms with E-state index in [2.05, 4.69) is 5.32 Å². The minimum absolute atomic E-state index is 0.238. The molecule has 0 spiro atoms. The Morgan fingerprint density at radius 3 is 2.67 bits per heavy atom. The molecule has 3 aromatic rings. The van der Waals surface area contributed by atoms with Crippen molar-refractivity contribution in [1.29, 1.82) is 0 Å². The van der Waals surface area contributed by atoms with Crippen LogP contribution in [0.15, 0.2) is 63.2 Å². The molecule has 4 nitrogen and oxygen atoms in total. The van der Waals surface area contributed by atoms with E-state index in [1.54, 1.807) is 23.5 Å². The third kappa shape index (κ3) is 4.21. The van der Waals surface area contributed by atoms with Crippen LogP contribution < -0.4 is 5.32 Å². The molecule has 124 valence electrons. The number of benzene rings is 1. The summed E-state index contributed by atoms with van der Waals surface area (Å²) < 4.78 is 17.9. The highest BCUT2D eigenvalue weighted by atomic mass is 32.2. The number of hydrogen-bond acceptors (Lipinski definition) is 4. The summed E-state index contributed by atoms with van der Waals surface area (Å²) in [4.78, 5) is 13.9. The molecule has 1 aromatic carbocycles. The Morgan fingerprint density at radius 2 is 1.96 bits per heavy atom. The molecule has 0 radical (unpaired) electrons. The highest BCUT2D eigenvalue weighted by molar-refractivity contribution is 7.84. The third-order valence-electron chi connectivity index (χ3n) is 3.45. The van der Waals surface area contributed by atoms with Crippen molar-refractivity contribution in [2.75, 3.05) is 0 Å². The van der Waals surface area contributed by atoms with Gasteiger partial charge in [0.25, 0.3) is 5.91 Å². The first-order chi connectivity index (χ1) is 11.6. The molecule has 24 heavy (non-hydrogen) atoms. The van der Waals surface area contributed by atoms with Crippen molar-refractivity contribution >= 4 is 28.0 Å². The molecule has 0 fully saturated rings. The van der Waals surface area contributed by atoms with Crippen LogP contribution in [0, 0.1) is 6.92 Å². The monoisotopic (exact) mass is 359 g/mol. The standard InChI is InChI=1S/C18H17NO3S2/c1-13-4-7-16(8-5-13)24(21)12-14-6-9-17(22-14)18(20)19-11-15-3-2-10-23-15/h2-10H,11-12H2,1H3,(H,19,20). The number of hydrogen-bond donors (Lipinski definition) is 1. The second-order valence-corrected chi connectivity index (χ2v) is 7.81. The summed E-state index contributed by atoms with van der Waals surface area (Å²) in [6.07, 6.45) is 0. The predicted molar refractivity (Wildman–Crippen MR) is 95.5 cm³/mol. The summed E-state index contributed by atoms with van der Waals surface area (Å²) in [6.45, 7) is 2.46. The van der Waals surface area contributed by atoms with E-state index < -0.39 is 10.8 Å². The lowest BCUT2D eigenvalue weighted by molar-refractivity contribution is 0.0922. The fourth-order valence-electron chi connectivity index (χ4n) is 2.15. The van der Waals surface area contributed by atoms with Crippen molar-refractivity contribution in [1.82, 2.24) is 5.32 Å². The smallest absolute Gasteiger partial charge is 0.287 e. The lowest BCUT2D eigenvalue weighted by Gasteiger charge is -2.02. The van der Waals surface area contributed by atoms with Gasteiger partial charge in [0.05, 0.1) is 23.1 Å². The van der Waals surface area contributed by atoms with Gasteiger partial charge in [-0.15, -0.1) is 11.3 Å². The van der Waals surface area contributed by atoms with E-state index in [1.165, 1.54) is 0 Å². The Hall–Kier alpha value is -2.18. The van der Waals surface area contributed by atoms with Crippen LogP contribution in [0.5, 0.6) is 0 Å². The fourth-order valence-corrected chi connectivity index (χ4v) is 3.81. The van der Waals surface area contributed by atoms with Gasteiger partial charge in [-0.05, 0) is 42.6 Å². The molecule has 1 amide bonds. The van der Waals surface area contributed by atoms with Gasteiger partial charge in [0.1, 0.15) is 5.76 Å². The Labute approximate surface area is 147 Å². The summed E-state index contributed by atoms with van der Waals surface area (Å²) in [5.74, 6) is 0.759. The number of amides is 1. The lowest BCUT2D eigenvalue weighted by Crippen LogP contribution is -2.21. The number of aryl methyl sites for hydroxylation is 1. The van der Waals surface area contributed by atoms with Gasteiger partial charge in [0.2, 0.25) is 0 Å². The van der Waals surface area contributed by atoms with Crippen molar-refractivity contribution in [3.8, 4) is 0 Å². The van der Waals surface area contributed by atoms with Crippen molar-refractivity contribution in [2.45, 2.75) is 24.1 Å². The van der Waals surface area contributed by atoms with Gasteiger partial charge >= 0.3 is 0 Å². The van der Waals surface area contributed by atoms with E-state index in [9.17, 15) is 9.00 Å². The van der Waals surface area contributed by atoms with Crippen molar-refractivity contribution in [2.24, 2.45) is 0 Å². The molecule has 6 heteroatoms. The van der Waals surface area contributed by atoms with E-state index >= 15 is 0 Å². The Morgan fingerprint density at radius 1 is 1.17 bits per heavy atom. The van der Waals surface area contributed by atoms with Gasteiger partial charge in [-0.3, -0.25) is 9.00 Å². The largest absolute Gasteiger partial charge is 0.455 e. The Bertz CT molecular complexity index is 836. The number of carbonyl (C=O) groups is 1. The van der Waals surface area contributed by atoms with E-state index in [1.807, 2.05) is 48.7 Å². The zero-order valence-corrected chi connectivity index (χ0v) is 14.8. The zero-order chi connectivity index (χ0) is 16.9. The summed E-state index contributed by atoms with van der Waals surface area (Å²) in [5, 5.41) is 4.77. The molecule has 2 heterocycles. The minimum Gasteiger partial charge on any atom is -0.455 e. The first-order valence-corrected chi connectivity index (χ1v) is 9.66. The fraction of sp³-hybridized carbons (Fsp3) is 0.167. The van der Waals surface area contributed by atoms with Crippen LogP contribution >= 0.6 is 11.3 Å². The molecular weight excluding hydrogens is 342 g/mol. The normalized spacial score (nSPS) is 12.0. The molecule has 0 aliphatic heterocycles. The van der Waals surface area contributed by atoms with Gasteiger partial charge in [0, 0.05) is 9.77 Å². The highest BCUT2D eigenvalue weighted by Gasteiger charge is 2.13. The lowest BCUT2D eigenvalue weighted by atomic mass is 10.2. The van der Waals surface area contributed by atoms with E-state index in [4.69, 9.17) is 4.42 Å². The maximum Gasteiger partial charge on any atom is 0.287 e. The molecule has 0 aliphatic rings. The van der Waals surface area contributed by atoms with Crippen LogP contribution in [0.1, 0.15) is 26.8 Å². The van der Waals surface area contributed by atoms with Crippen LogP contribution in [0.4, 0.5) is 0 Å². The first kappa shape index (κ1) is 16.7. The molecule has 0 saturated heterocycles. The second-order valence-electron chi connectivity index (χ2n) is 5.33. The molecule has 1 N–H and O–H groups in total. The summed E-state index contributed by atoms with van der Waals surface area (Å²) >= 11 is 1.59. The molecule has 2 aromatic heterocycles.